The van der Waals surface area contributed by atoms with Crippen LogP contribution in [0.25, 0.3) is 20.2 Å². The maximum atomic E-state index is 15.5. The maximum Gasteiger partial charge on any atom is 0.200 e. The van der Waals surface area contributed by atoms with Crippen LogP contribution in [0.2, 0.25) is 10.0 Å². The third kappa shape index (κ3) is 7.79. The van der Waals surface area contributed by atoms with Gasteiger partial charge in [-0.2, -0.15) is 0 Å². The molecule has 4 aliphatic rings. The lowest BCUT2D eigenvalue weighted by atomic mass is 9.97. The Bertz CT molecular complexity index is 2790. The molecule has 0 spiro atoms. The summed E-state index contributed by atoms with van der Waals surface area (Å²) in [5.41, 5.74) is 3.57. The summed E-state index contributed by atoms with van der Waals surface area (Å²) in [6.07, 6.45) is 7.65. The van der Waals surface area contributed by atoms with Crippen molar-refractivity contribution in [2.75, 3.05) is 48.6 Å². The molecule has 4 aromatic carbocycles. The number of thiophene rings is 2. The molecule has 0 N–H and O–H groups in total. The van der Waals surface area contributed by atoms with Crippen molar-refractivity contribution in [2.24, 2.45) is 11.8 Å². The average Bonchev–Trinajstić information content (AvgIpc) is 4.15. The van der Waals surface area contributed by atoms with Crippen LogP contribution in [0.4, 0.5) is 11.4 Å². The van der Waals surface area contributed by atoms with Gasteiger partial charge in [-0.15, -0.1) is 22.7 Å². The van der Waals surface area contributed by atoms with Gasteiger partial charge < -0.3 is 19.3 Å². The van der Waals surface area contributed by atoms with Gasteiger partial charge in [0.1, 0.15) is 0 Å². The highest BCUT2D eigenvalue weighted by atomic mass is 35.5. The van der Waals surface area contributed by atoms with E-state index < -0.39 is 25.5 Å². The first-order valence-corrected chi connectivity index (χ1v) is 26.3. The Hall–Kier alpha value is -3.85. The number of benzene rings is 4. The van der Waals surface area contributed by atoms with Crippen molar-refractivity contribution >= 4 is 103 Å². The Balaban J connectivity index is 1.12. The molecule has 0 saturated heterocycles. The number of hydrogen-bond acceptors (Lipinski definition) is 11. The molecule has 2 aliphatic carbocycles. The molecule has 6 aromatic rings. The summed E-state index contributed by atoms with van der Waals surface area (Å²) in [6.45, 7) is 2.80. The zero-order chi connectivity index (χ0) is 41.7. The van der Waals surface area contributed by atoms with Crippen molar-refractivity contribution in [3.8, 4) is 11.5 Å². The third-order valence-corrected chi connectivity index (χ3v) is 17.1. The van der Waals surface area contributed by atoms with Gasteiger partial charge in [0.2, 0.25) is 5.78 Å². The molecule has 2 aliphatic heterocycles. The highest BCUT2D eigenvalue weighted by molar-refractivity contribution is 7.91. The van der Waals surface area contributed by atoms with E-state index in [9.17, 15) is 16.8 Å². The number of hydrogen-bond donors (Lipinski definition) is 0. The number of rotatable bonds is 12. The van der Waals surface area contributed by atoms with Gasteiger partial charge in [-0.25, -0.2) is 16.8 Å². The molecule has 9 nitrogen and oxygen atoms in total. The van der Waals surface area contributed by atoms with Crippen LogP contribution in [-0.2, 0) is 45.6 Å². The van der Waals surface area contributed by atoms with Gasteiger partial charge in [-0.3, -0.25) is 4.79 Å². The fourth-order valence-electron chi connectivity index (χ4n) is 8.39. The van der Waals surface area contributed by atoms with Crippen LogP contribution in [0.15, 0.2) is 70.5 Å². The lowest BCUT2D eigenvalue weighted by Crippen LogP contribution is -2.31. The second-order valence-electron chi connectivity index (χ2n) is 16.7. The van der Waals surface area contributed by atoms with Gasteiger partial charge in [0, 0.05) is 54.8 Å². The van der Waals surface area contributed by atoms with E-state index in [0.29, 0.717) is 85.5 Å². The third-order valence-electron chi connectivity index (χ3n) is 12.0. The monoisotopic (exact) mass is 920 g/mol. The summed E-state index contributed by atoms with van der Waals surface area (Å²) in [5, 5.41) is 3.58. The van der Waals surface area contributed by atoms with Crippen molar-refractivity contribution in [3.05, 3.63) is 103 Å². The van der Waals surface area contributed by atoms with E-state index in [4.69, 9.17) is 32.7 Å². The quantitative estimate of drug-likeness (QED) is 0.111. The van der Waals surface area contributed by atoms with Crippen LogP contribution in [-0.4, -0.2) is 61.4 Å². The molecular weight excluding hydrogens is 880 g/mol. The minimum absolute atomic E-state index is 0.0260. The topological polar surface area (TPSA) is 110 Å². The molecule has 60 heavy (non-hydrogen) atoms. The summed E-state index contributed by atoms with van der Waals surface area (Å²) in [6, 6.07) is 17.9. The van der Waals surface area contributed by atoms with E-state index >= 15 is 4.79 Å². The Morgan fingerprint density at radius 3 is 1.45 bits per heavy atom. The van der Waals surface area contributed by atoms with Crippen molar-refractivity contribution in [1.82, 2.24) is 0 Å². The van der Waals surface area contributed by atoms with Gasteiger partial charge in [0.05, 0.1) is 58.6 Å². The van der Waals surface area contributed by atoms with Gasteiger partial charge >= 0.3 is 0 Å². The number of anilines is 2. The standard InChI is InChI=1S/C45H42Cl2N2O7S4/c1-59(51,52)29-17-35(44(55-23-25-3-4-25)37(19-29)48-13-11-31-33-15-27(46)7-9-39(33)57-41(31)21-48)43(50)36-18-30(60(2,53)54)20-38(45(36)56-24-26-5-6-26)49-14-12-32-34-16-28(47)8-10-40(34)58-42(32)22-49/h7-10,15-20,25-26H,3-6,11-14,21-24H2,1-2H3. The number of nitrogens with zero attached hydrogens (tertiary/aromatic N) is 2. The first-order valence-electron chi connectivity index (χ1n) is 20.1. The molecule has 2 aromatic heterocycles. The lowest BCUT2D eigenvalue weighted by molar-refractivity contribution is 0.103. The predicted octanol–water partition coefficient (Wildman–Crippen LogP) is 10.2. The second kappa shape index (κ2) is 15.2. The van der Waals surface area contributed by atoms with E-state index in [1.807, 2.05) is 36.4 Å². The van der Waals surface area contributed by atoms with Gasteiger partial charge in [0.15, 0.2) is 31.2 Å². The Kier molecular flexibility index (Phi) is 10.2. The molecule has 312 valence electrons. The SMILES string of the molecule is CS(=O)(=O)c1cc(C(=O)c2cc(S(C)(=O)=O)cc(N3CCc4c(sc5ccc(Cl)cc45)C3)c2OCC2CC2)c(OCC2CC2)c(N2CCc3c(sc4ccc(Cl)cc34)C2)c1. The van der Waals surface area contributed by atoms with Crippen LogP contribution < -0.4 is 19.3 Å². The number of carbonyl (C=O) groups excluding carboxylic acids is 1. The number of fused-ring (bicyclic) bond motifs is 6. The normalized spacial score (nSPS) is 16.9. The summed E-state index contributed by atoms with van der Waals surface area (Å²) >= 11 is 16.2. The maximum absolute atomic E-state index is 15.5. The summed E-state index contributed by atoms with van der Waals surface area (Å²) in [5.74, 6) is 0.661. The van der Waals surface area contributed by atoms with E-state index in [1.54, 1.807) is 34.8 Å². The van der Waals surface area contributed by atoms with E-state index in [1.165, 1.54) is 23.3 Å². The Morgan fingerprint density at radius 2 is 1.07 bits per heavy atom. The van der Waals surface area contributed by atoms with Gasteiger partial charge in [0.25, 0.3) is 0 Å². The minimum atomic E-state index is -3.84. The molecular formula is C45H42Cl2N2O7S4. The molecule has 10 rings (SSSR count). The van der Waals surface area contributed by atoms with Crippen LogP contribution >= 0.6 is 45.9 Å². The molecule has 0 amide bonds. The largest absolute Gasteiger partial charge is 0.490 e. The summed E-state index contributed by atoms with van der Waals surface area (Å²) < 4.78 is 69.5. The first-order chi connectivity index (χ1) is 28.7. The molecule has 0 unspecified atom stereocenters. The molecule has 2 saturated carbocycles. The number of ketones is 1. The summed E-state index contributed by atoms with van der Waals surface area (Å²) in [4.78, 5) is 21.9. The van der Waals surface area contributed by atoms with Crippen LogP contribution in [0.3, 0.4) is 0 Å². The van der Waals surface area contributed by atoms with Crippen LogP contribution in [0.5, 0.6) is 11.5 Å². The van der Waals surface area contributed by atoms with Crippen molar-refractivity contribution < 1.29 is 31.1 Å². The molecule has 4 heterocycles. The van der Waals surface area contributed by atoms with E-state index in [0.717, 1.165) is 68.1 Å². The number of ether oxygens (including phenoxy) is 2. The zero-order valence-corrected chi connectivity index (χ0v) is 37.8. The van der Waals surface area contributed by atoms with E-state index in [2.05, 4.69) is 9.80 Å². The first kappa shape index (κ1) is 40.2. The van der Waals surface area contributed by atoms with Crippen molar-refractivity contribution in [2.45, 2.75) is 61.4 Å². The predicted molar refractivity (Wildman–Crippen MR) is 242 cm³/mol. The smallest absolute Gasteiger partial charge is 0.200 e. The highest BCUT2D eigenvalue weighted by Crippen LogP contribution is 2.47. The molecule has 0 radical (unpaired) electrons. The number of halogens is 2. The van der Waals surface area contributed by atoms with Gasteiger partial charge in [-0.1, -0.05) is 23.2 Å². The highest BCUT2D eigenvalue weighted by Gasteiger charge is 2.35. The average molecular weight is 922 g/mol. The van der Waals surface area contributed by atoms with Crippen molar-refractivity contribution in [3.63, 3.8) is 0 Å². The van der Waals surface area contributed by atoms with Crippen LogP contribution in [0, 0.1) is 11.8 Å². The fraction of sp³-hybridized carbons (Fsp3) is 0.356. The number of sulfone groups is 2. The number of carbonyl (C=O) groups is 1. The minimum Gasteiger partial charge on any atom is -0.490 e. The van der Waals surface area contributed by atoms with Crippen molar-refractivity contribution in [1.29, 1.82) is 0 Å². The molecule has 0 bridgehead atoms. The Labute approximate surface area is 367 Å². The lowest BCUT2D eigenvalue weighted by Gasteiger charge is -2.32. The zero-order valence-electron chi connectivity index (χ0n) is 33.1. The fourth-order valence-corrected chi connectivity index (χ4v) is 12.5. The van der Waals surface area contributed by atoms with E-state index in [-0.39, 0.29) is 32.4 Å². The Morgan fingerprint density at radius 1 is 0.650 bits per heavy atom. The molecule has 2 fully saturated rings. The van der Waals surface area contributed by atoms with Crippen LogP contribution in [0.1, 0.15) is 62.5 Å². The van der Waals surface area contributed by atoms with Gasteiger partial charge in [-0.05, 0) is 133 Å². The second-order valence-corrected chi connectivity index (χ2v) is 23.8. The molecule has 15 heteroatoms. The molecule has 0 atom stereocenters. The summed E-state index contributed by atoms with van der Waals surface area (Å²) in [7, 11) is -7.67.